The first-order valence-electron chi connectivity index (χ1n) is 9.28. The van der Waals surface area contributed by atoms with Gasteiger partial charge < -0.3 is 14.8 Å². The predicted octanol–water partition coefficient (Wildman–Crippen LogP) is 3.83. The Labute approximate surface area is 163 Å². The van der Waals surface area contributed by atoms with Gasteiger partial charge in [0.15, 0.2) is 0 Å². The third kappa shape index (κ3) is 3.75. The molecule has 0 spiro atoms. The van der Waals surface area contributed by atoms with Crippen molar-refractivity contribution in [3.63, 3.8) is 0 Å². The number of aromatic nitrogens is 3. The molecule has 1 saturated heterocycles. The maximum Gasteiger partial charge on any atom is 0.340 e. The maximum atomic E-state index is 12.1. The number of rotatable bonds is 5. The molecule has 4 rings (SSSR count). The summed E-state index contributed by atoms with van der Waals surface area (Å²) in [7, 11) is 1.37. The predicted molar refractivity (Wildman–Crippen MR) is 106 cm³/mol. The largest absolute Gasteiger partial charge is 0.465 e. The van der Waals surface area contributed by atoms with Crippen LogP contribution in [-0.4, -0.2) is 41.1 Å². The van der Waals surface area contributed by atoms with Gasteiger partial charge in [0.1, 0.15) is 5.82 Å². The van der Waals surface area contributed by atoms with Crippen LogP contribution in [0.1, 0.15) is 29.2 Å². The lowest BCUT2D eigenvalue weighted by molar-refractivity contribution is 0.0601. The average Bonchev–Trinajstić information content (AvgIpc) is 3.18. The van der Waals surface area contributed by atoms with Crippen molar-refractivity contribution >= 4 is 17.5 Å². The lowest BCUT2D eigenvalue weighted by Gasteiger charge is -2.24. The minimum absolute atomic E-state index is 0.229. The first kappa shape index (κ1) is 18.2. The van der Waals surface area contributed by atoms with E-state index in [-0.39, 0.29) is 6.04 Å². The number of pyridine rings is 1. The van der Waals surface area contributed by atoms with Crippen LogP contribution in [0.25, 0.3) is 11.3 Å². The highest BCUT2D eigenvalue weighted by Gasteiger charge is 2.22. The van der Waals surface area contributed by atoms with Crippen LogP contribution < -0.4 is 5.32 Å². The van der Waals surface area contributed by atoms with Gasteiger partial charge in [-0.05, 0) is 18.9 Å². The van der Waals surface area contributed by atoms with Gasteiger partial charge in [-0.1, -0.05) is 30.3 Å². The van der Waals surface area contributed by atoms with E-state index in [1.165, 1.54) is 7.11 Å². The molecule has 1 fully saturated rings. The molecule has 0 saturated carbocycles. The second-order valence-electron chi connectivity index (χ2n) is 6.61. The molecule has 2 aromatic heterocycles. The van der Waals surface area contributed by atoms with Gasteiger partial charge in [0, 0.05) is 31.0 Å². The smallest absolute Gasteiger partial charge is 0.340 e. The molecule has 3 aromatic rings. The summed E-state index contributed by atoms with van der Waals surface area (Å²) in [5.41, 5.74) is 2.93. The normalized spacial score (nSPS) is 14.6. The summed E-state index contributed by atoms with van der Waals surface area (Å²) in [4.78, 5) is 16.3. The quantitative estimate of drug-likeness (QED) is 0.680. The van der Waals surface area contributed by atoms with E-state index >= 15 is 0 Å². The molecule has 7 nitrogen and oxygen atoms in total. The Morgan fingerprint density at radius 3 is 2.75 bits per heavy atom. The molecule has 0 atom stereocenters. The highest BCUT2D eigenvalue weighted by molar-refractivity contribution is 5.96. The van der Waals surface area contributed by atoms with Crippen LogP contribution in [0.15, 0.2) is 54.9 Å². The Morgan fingerprint density at radius 2 is 2.00 bits per heavy atom. The number of methoxy groups -OCH3 is 1. The molecule has 0 aliphatic carbocycles. The molecule has 144 valence electrons. The minimum atomic E-state index is -0.412. The van der Waals surface area contributed by atoms with Crippen LogP contribution in [0, 0.1) is 0 Å². The molecular formula is C21H22N4O3. The van der Waals surface area contributed by atoms with Crippen LogP contribution in [-0.2, 0) is 9.47 Å². The van der Waals surface area contributed by atoms with Crippen molar-refractivity contribution in [3.8, 4) is 11.3 Å². The van der Waals surface area contributed by atoms with Gasteiger partial charge in [0.2, 0.25) is 0 Å². The third-order valence-electron chi connectivity index (χ3n) is 4.83. The SMILES string of the molecule is COC(=O)c1ccncc1Nc1cc(-c2ccccc2)nn1C1CCOCC1. The number of ether oxygens (including phenoxy) is 2. The number of hydrogen-bond donors (Lipinski definition) is 1. The highest BCUT2D eigenvalue weighted by Crippen LogP contribution is 2.31. The molecule has 3 heterocycles. The van der Waals surface area contributed by atoms with E-state index in [0.29, 0.717) is 24.5 Å². The summed E-state index contributed by atoms with van der Waals surface area (Å²) >= 11 is 0. The van der Waals surface area contributed by atoms with E-state index in [1.807, 2.05) is 41.1 Å². The van der Waals surface area contributed by atoms with Crippen molar-refractivity contribution in [2.45, 2.75) is 18.9 Å². The second kappa shape index (κ2) is 8.22. The van der Waals surface area contributed by atoms with Crippen LogP contribution in [0.3, 0.4) is 0 Å². The lowest BCUT2D eigenvalue weighted by atomic mass is 10.1. The van der Waals surface area contributed by atoms with Crippen molar-refractivity contribution in [2.75, 3.05) is 25.6 Å². The molecule has 1 N–H and O–H groups in total. The van der Waals surface area contributed by atoms with E-state index in [4.69, 9.17) is 14.6 Å². The number of nitrogens with one attached hydrogen (secondary N) is 1. The monoisotopic (exact) mass is 378 g/mol. The summed E-state index contributed by atoms with van der Waals surface area (Å²) in [5, 5.41) is 8.20. The van der Waals surface area contributed by atoms with Crippen molar-refractivity contribution in [1.82, 2.24) is 14.8 Å². The van der Waals surface area contributed by atoms with Gasteiger partial charge in [0.25, 0.3) is 0 Å². The van der Waals surface area contributed by atoms with E-state index in [2.05, 4.69) is 10.3 Å². The Balaban J connectivity index is 1.73. The Kier molecular flexibility index (Phi) is 5.34. The topological polar surface area (TPSA) is 78.3 Å². The zero-order chi connectivity index (χ0) is 19.3. The fraction of sp³-hybridized carbons (Fsp3) is 0.286. The maximum absolute atomic E-state index is 12.1. The molecule has 0 unspecified atom stereocenters. The number of nitrogens with zero attached hydrogens (tertiary/aromatic N) is 3. The first-order chi connectivity index (χ1) is 13.8. The number of carbonyl (C=O) groups excluding carboxylic acids is 1. The summed E-state index contributed by atoms with van der Waals surface area (Å²) in [6.45, 7) is 1.43. The molecule has 7 heteroatoms. The van der Waals surface area contributed by atoms with Crippen LogP contribution in [0.2, 0.25) is 0 Å². The van der Waals surface area contributed by atoms with E-state index in [1.54, 1.807) is 18.5 Å². The van der Waals surface area contributed by atoms with Crippen molar-refractivity contribution in [3.05, 3.63) is 60.4 Å². The standard InChI is InChI=1S/C21H22N4O3/c1-27-21(26)17-7-10-22-14-19(17)23-20-13-18(15-5-3-2-4-6-15)24-25(20)16-8-11-28-12-9-16/h2-7,10,13-14,16,23H,8-9,11-12H2,1H3. The van der Waals surface area contributed by atoms with Crippen molar-refractivity contribution in [2.24, 2.45) is 0 Å². The number of anilines is 2. The molecule has 0 amide bonds. The lowest BCUT2D eigenvalue weighted by Crippen LogP contribution is -2.21. The third-order valence-corrected chi connectivity index (χ3v) is 4.83. The fourth-order valence-electron chi connectivity index (χ4n) is 3.37. The second-order valence-corrected chi connectivity index (χ2v) is 6.61. The van der Waals surface area contributed by atoms with Crippen LogP contribution >= 0.6 is 0 Å². The van der Waals surface area contributed by atoms with Crippen LogP contribution in [0.5, 0.6) is 0 Å². The van der Waals surface area contributed by atoms with Gasteiger partial charge in [-0.25, -0.2) is 9.48 Å². The van der Waals surface area contributed by atoms with Crippen LogP contribution in [0.4, 0.5) is 11.5 Å². The molecule has 0 radical (unpaired) electrons. The van der Waals surface area contributed by atoms with E-state index in [9.17, 15) is 4.79 Å². The Hall–Kier alpha value is -3.19. The molecule has 1 aliphatic heterocycles. The zero-order valence-corrected chi connectivity index (χ0v) is 15.7. The van der Waals surface area contributed by atoms with E-state index < -0.39 is 5.97 Å². The number of esters is 1. The molecule has 1 aliphatic rings. The van der Waals surface area contributed by atoms with Crippen molar-refractivity contribution in [1.29, 1.82) is 0 Å². The van der Waals surface area contributed by atoms with Crippen molar-refractivity contribution < 1.29 is 14.3 Å². The van der Waals surface area contributed by atoms with Gasteiger partial charge >= 0.3 is 5.97 Å². The Bertz CT molecular complexity index is 949. The minimum Gasteiger partial charge on any atom is -0.465 e. The van der Waals surface area contributed by atoms with Gasteiger partial charge in [-0.3, -0.25) is 4.98 Å². The Morgan fingerprint density at radius 1 is 1.21 bits per heavy atom. The molecule has 28 heavy (non-hydrogen) atoms. The fourth-order valence-corrected chi connectivity index (χ4v) is 3.37. The number of carbonyl (C=O) groups is 1. The summed E-state index contributed by atoms with van der Waals surface area (Å²) < 4.78 is 12.4. The molecule has 0 bridgehead atoms. The first-order valence-corrected chi connectivity index (χ1v) is 9.28. The summed E-state index contributed by atoms with van der Waals surface area (Å²) in [6, 6.07) is 13.9. The van der Waals surface area contributed by atoms with Gasteiger partial charge in [-0.2, -0.15) is 5.10 Å². The highest BCUT2D eigenvalue weighted by atomic mass is 16.5. The van der Waals surface area contributed by atoms with E-state index in [0.717, 1.165) is 29.9 Å². The number of benzene rings is 1. The molecule has 1 aromatic carbocycles. The number of hydrogen-bond acceptors (Lipinski definition) is 6. The summed E-state index contributed by atoms with van der Waals surface area (Å²) in [5.74, 6) is 0.397. The zero-order valence-electron chi connectivity index (χ0n) is 15.7. The summed E-state index contributed by atoms with van der Waals surface area (Å²) in [6.07, 6.45) is 4.97. The van der Waals surface area contributed by atoms with Gasteiger partial charge in [0.05, 0.1) is 36.3 Å². The molecular weight excluding hydrogens is 356 g/mol. The average molecular weight is 378 g/mol. The van der Waals surface area contributed by atoms with Gasteiger partial charge in [-0.15, -0.1) is 0 Å².